The normalized spacial score (nSPS) is 12.9. The molecule has 2 heterocycles. The van der Waals surface area contributed by atoms with E-state index in [4.69, 9.17) is 0 Å². The minimum absolute atomic E-state index is 0.0367. The third-order valence-electron chi connectivity index (χ3n) is 5.14. The zero-order valence-corrected chi connectivity index (χ0v) is 17.8. The van der Waals surface area contributed by atoms with Crippen LogP contribution in [0.3, 0.4) is 0 Å². The molecule has 0 fully saturated rings. The third kappa shape index (κ3) is 4.16. The molecule has 0 bridgehead atoms. The summed E-state index contributed by atoms with van der Waals surface area (Å²) in [4.78, 5) is 11.7. The van der Waals surface area contributed by atoms with Crippen LogP contribution in [-0.2, 0) is 10.8 Å². The lowest BCUT2D eigenvalue weighted by molar-refractivity contribution is 0.687. The van der Waals surface area contributed by atoms with Gasteiger partial charge in [0, 0.05) is 34.3 Å². The molecule has 0 aliphatic carbocycles. The molecule has 0 aliphatic heterocycles. The number of rotatable bonds is 6. The van der Waals surface area contributed by atoms with Crippen molar-refractivity contribution in [2.24, 2.45) is 0 Å². The van der Waals surface area contributed by atoms with Crippen LogP contribution in [0.5, 0.6) is 0 Å². The number of hydrogen-bond acceptors (Lipinski definition) is 4. The maximum Gasteiger partial charge on any atom is 0.0603 e. The van der Waals surface area contributed by atoms with Crippen LogP contribution in [-0.4, -0.2) is 20.4 Å². The highest BCUT2D eigenvalue weighted by atomic mass is 32.2. The van der Waals surface area contributed by atoms with Gasteiger partial charge in [-0.15, -0.1) is 0 Å². The van der Waals surface area contributed by atoms with E-state index in [9.17, 15) is 4.21 Å². The highest BCUT2D eigenvalue weighted by Gasteiger charge is 2.21. The van der Waals surface area contributed by atoms with Crippen molar-refractivity contribution >= 4 is 22.2 Å². The molecule has 0 radical (unpaired) electrons. The molecule has 5 heteroatoms. The summed E-state index contributed by atoms with van der Waals surface area (Å²) < 4.78 is 11.8. The molecule has 4 rings (SSSR count). The number of hydrogen-bond donors (Lipinski definition) is 0. The molecule has 2 aromatic heterocycles. The summed E-state index contributed by atoms with van der Waals surface area (Å²) in [7, 11) is -0.987. The van der Waals surface area contributed by atoms with E-state index in [2.05, 4.69) is 58.2 Å². The predicted octanol–water partition coefficient (Wildman–Crippen LogP) is 5.78. The van der Waals surface area contributed by atoms with Crippen molar-refractivity contribution in [1.29, 1.82) is 0 Å². The Morgan fingerprint density at radius 3 is 1.93 bits per heavy atom. The average molecular weight is 414 g/mol. The van der Waals surface area contributed by atoms with Gasteiger partial charge in [0.1, 0.15) is 0 Å². The van der Waals surface area contributed by atoms with Crippen LogP contribution < -0.4 is 4.90 Å². The summed E-state index contributed by atoms with van der Waals surface area (Å²) in [6.07, 6.45) is 9.01. The maximum atomic E-state index is 11.8. The Bertz CT molecular complexity index is 1090. The van der Waals surface area contributed by atoms with Crippen LogP contribution >= 0.6 is 0 Å². The monoisotopic (exact) mass is 413 g/mol. The van der Waals surface area contributed by atoms with Crippen LogP contribution in [0.1, 0.15) is 18.5 Å². The largest absolute Gasteiger partial charge is 0.332 e. The first-order valence-electron chi connectivity index (χ1n) is 9.77. The van der Waals surface area contributed by atoms with Crippen molar-refractivity contribution < 1.29 is 4.21 Å². The van der Waals surface area contributed by atoms with Gasteiger partial charge >= 0.3 is 0 Å². The lowest BCUT2D eigenvalue weighted by Crippen LogP contribution is -2.22. The first kappa shape index (κ1) is 20.0. The summed E-state index contributed by atoms with van der Waals surface area (Å²) in [5.41, 5.74) is 5.45. The number of aromatic nitrogens is 2. The van der Waals surface area contributed by atoms with Crippen molar-refractivity contribution in [3.63, 3.8) is 0 Å². The zero-order valence-electron chi connectivity index (χ0n) is 17.0. The molecule has 0 spiro atoms. The number of nitrogens with zero attached hydrogens (tertiary/aromatic N) is 3. The predicted molar refractivity (Wildman–Crippen MR) is 123 cm³/mol. The van der Waals surface area contributed by atoms with Gasteiger partial charge in [0.15, 0.2) is 0 Å². The smallest absolute Gasteiger partial charge is 0.0603 e. The van der Waals surface area contributed by atoms with Crippen molar-refractivity contribution in [3.05, 3.63) is 103 Å². The van der Waals surface area contributed by atoms with Crippen LogP contribution in [0.25, 0.3) is 11.1 Å². The van der Waals surface area contributed by atoms with Crippen LogP contribution in [0.2, 0.25) is 0 Å². The van der Waals surface area contributed by atoms with Gasteiger partial charge in [-0.2, -0.15) is 0 Å². The minimum Gasteiger partial charge on any atom is -0.332 e. The highest BCUT2D eigenvalue weighted by Crippen LogP contribution is 2.38. The fourth-order valence-electron chi connectivity index (χ4n) is 3.68. The van der Waals surface area contributed by atoms with Gasteiger partial charge in [0.2, 0.25) is 0 Å². The number of anilines is 2. The second-order valence-electron chi connectivity index (χ2n) is 7.03. The second kappa shape index (κ2) is 9.01. The topological polar surface area (TPSA) is 46.1 Å². The van der Waals surface area contributed by atoms with Crippen molar-refractivity contribution in [2.75, 3.05) is 11.2 Å². The number of pyridine rings is 2. The summed E-state index contributed by atoms with van der Waals surface area (Å²) in [5, 5.41) is 0. The zero-order chi connectivity index (χ0) is 20.9. The van der Waals surface area contributed by atoms with Gasteiger partial charge in [-0.25, -0.2) is 0 Å². The van der Waals surface area contributed by atoms with Gasteiger partial charge in [-0.3, -0.25) is 14.2 Å². The molecule has 4 nitrogen and oxygen atoms in total. The molecule has 0 saturated carbocycles. The fourth-order valence-corrected chi connectivity index (χ4v) is 4.20. The first-order chi connectivity index (χ1) is 14.6. The first-order valence-corrected chi connectivity index (χ1v) is 11.3. The van der Waals surface area contributed by atoms with Gasteiger partial charge in [0.25, 0.3) is 0 Å². The molecular weight excluding hydrogens is 390 g/mol. The van der Waals surface area contributed by atoms with E-state index in [0.717, 1.165) is 27.4 Å². The summed E-state index contributed by atoms with van der Waals surface area (Å²) >= 11 is 0. The molecule has 0 saturated heterocycles. The van der Waals surface area contributed by atoms with E-state index in [0.29, 0.717) is 0 Å². The Morgan fingerprint density at radius 2 is 1.40 bits per heavy atom. The molecule has 30 heavy (non-hydrogen) atoms. The van der Waals surface area contributed by atoms with E-state index in [-0.39, 0.29) is 6.04 Å². The molecule has 150 valence electrons. The molecule has 0 N–H and O–H groups in total. The van der Waals surface area contributed by atoms with Crippen molar-refractivity contribution in [2.45, 2.75) is 17.9 Å². The summed E-state index contributed by atoms with van der Waals surface area (Å²) in [6.45, 7) is 2.19. The Labute approximate surface area is 179 Å². The molecule has 4 aromatic rings. The minimum atomic E-state index is -0.987. The fraction of sp³-hybridized carbons (Fsp3) is 0.120. The van der Waals surface area contributed by atoms with E-state index < -0.39 is 10.8 Å². The Balaban J connectivity index is 1.80. The van der Waals surface area contributed by atoms with Gasteiger partial charge < -0.3 is 4.90 Å². The highest BCUT2D eigenvalue weighted by molar-refractivity contribution is 7.84. The van der Waals surface area contributed by atoms with Gasteiger partial charge in [0.05, 0.1) is 29.8 Å². The molecule has 0 aliphatic rings. The third-order valence-corrected chi connectivity index (χ3v) is 6.08. The average Bonchev–Trinajstić information content (AvgIpc) is 2.81. The number of benzene rings is 2. The summed E-state index contributed by atoms with van der Waals surface area (Å²) in [5.74, 6) is 0. The van der Waals surface area contributed by atoms with Crippen LogP contribution in [0, 0.1) is 0 Å². The van der Waals surface area contributed by atoms with Gasteiger partial charge in [-0.05, 0) is 60.0 Å². The lowest BCUT2D eigenvalue weighted by atomic mass is 9.94. The van der Waals surface area contributed by atoms with E-state index in [1.165, 1.54) is 5.56 Å². The Hall–Kier alpha value is -3.31. The molecular formula is C25H23N3OS. The van der Waals surface area contributed by atoms with Crippen molar-refractivity contribution in [3.8, 4) is 11.1 Å². The van der Waals surface area contributed by atoms with E-state index in [1.54, 1.807) is 18.6 Å². The standard InChI is InChI=1S/C25H23N3OS/c1-19(28(21-7-5-15-26-17-21)22-8-6-16-27-18-22)24-9-3-4-10-25(24)20-11-13-23(14-12-20)30(2)29/h3-19H,1-2H3. The maximum absolute atomic E-state index is 11.8. The van der Waals surface area contributed by atoms with Crippen LogP contribution in [0.15, 0.2) is 102 Å². The Kier molecular flexibility index (Phi) is 6.00. The summed E-state index contributed by atoms with van der Waals surface area (Å²) in [6, 6.07) is 24.4. The molecule has 2 aromatic carbocycles. The quantitative estimate of drug-likeness (QED) is 0.402. The molecule has 2 atom stereocenters. The Morgan fingerprint density at radius 1 is 0.800 bits per heavy atom. The van der Waals surface area contributed by atoms with E-state index >= 15 is 0 Å². The molecule has 2 unspecified atom stereocenters. The van der Waals surface area contributed by atoms with Crippen molar-refractivity contribution in [1.82, 2.24) is 9.97 Å². The van der Waals surface area contributed by atoms with Crippen LogP contribution in [0.4, 0.5) is 11.4 Å². The molecule has 0 amide bonds. The van der Waals surface area contributed by atoms with Gasteiger partial charge in [-0.1, -0.05) is 36.4 Å². The van der Waals surface area contributed by atoms with E-state index in [1.807, 2.05) is 48.8 Å². The lowest BCUT2D eigenvalue weighted by Gasteiger charge is -2.32. The SMILES string of the molecule is CC(c1ccccc1-c1ccc(S(C)=O)cc1)N(c1cccnc1)c1cccnc1. The second-order valence-corrected chi connectivity index (χ2v) is 8.41.